The van der Waals surface area contributed by atoms with E-state index in [1.807, 2.05) is 41.3 Å². The van der Waals surface area contributed by atoms with Crippen LogP contribution in [0, 0.1) is 0 Å². The first-order chi connectivity index (χ1) is 27.8. The van der Waals surface area contributed by atoms with E-state index >= 15 is 0 Å². The lowest BCUT2D eigenvalue weighted by Gasteiger charge is -2.40. The van der Waals surface area contributed by atoms with Gasteiger partial charge in [0.25, 0.3) is 0 Å². The van der Waals surface area contributed by atoms with E-state index in [1.165, 1.54) is 0 Å². The van der Waals surface area contributed by atoms with Crippen molar-refractivity contribution < 1.29 is 39.3 Å². The minimum Gasteiger partial charge on any atom is -0.506 e. The van der Waals surface area contributed by atoms with Crippen LogP contribution in [0.15, 0.2) is 69.9 Å². The Bertz CT molecular complexity index is 1880. The van der Waals surface area contributed by atoms with Crippen molar-refractivity contribution in [1.29, 1.82) is 0 Å². The summed E-state index contributed by atoms with van der Waals surface area (Å²) in [4.78, 5) is 75.1. The van der Waals surface area contributed by atoms with E-state index in [1.54, 1.807) is 34.3 Å². The molecule has 2 saturated heterocycles. The number of phenols is 1. The number of carboxylic acid groups (broad SMARTS) is 2. The number of nitrogens with two attached hydrogens (primary N) is 1. The van der Waals surface area contributed by atoms with Gasteiger partial charge in [0.05, 0.1) is 8.95 Å². The van der Waals surface area contributed by atoms with E-state index in [0.29, 0.717) is 99.0 Å². The lowest BCUT2D eigenvalue weighted by atomic mass is 10.0. The van der Waals surface area contributed by atoms with Gasteiger partial charge in [-0.15, -0.1) is 0 Å². The number of carbonyl (C=O) groups excluding carboxylic acids is 4. The number of likely N-dealkylation sites (tertiary alicyclic amines) is 1. The molecule has 19 heteroatoms. The molecule has 0 aliphatic carbocycles. The number of benzene rings is 2. The van der Waals surface area contributed by atoms with Crippen LogP contribution in [0.2, 0.25) is 0 Å². The summed E-state index contributed by atoms with van der Waals surface area (Å²) in [6.45, 7) is 4.07. The highest BCUT2D eigenvalue weighted by atomic mass is 79.9. The minimum absolute atomic E-state index is 0.0205. The number of unbranched alkanes of at least 4 members (excludes halogenated alkanes) is 1. The largest absolute Gasteiger partial charge is 0.506 e. The third kappa shape index (κ3) is 12.0. The number of hydrogen-bond donors (Lipinski definition) is 7. The monoisotopic (exact) mass is 929 g/mol. The number of nitrogens with one attached hydrogen (secondary N) is 3. The molecule has 0 radical (unpaired) electrons. The first kappa shape index (κ1) is 44.0. The van der Waals surface area contributed by atoms with Crippen molar-refractivity contribution >= 4 is 73.3 Å². The highest BCUT2D eigenvalue weighted by Crippen LogP contribution is 2.34. The predicted octanol–water partition coefficient (Wildman–Crippen LogP) is 4.63. The average molecular weight is 932 g/mol. The number of aromatic hydroxyl groups is 1. The summed E-state index contributed by atoms with van der Waals surface area (Å²) in [5, 5.41) is 33.2. The SMILES string of the molecule is NCCCC[C@H](NC(=O)[C@@H](Cc1cc(Br)c(O)c(Br)c1)NC(=O)N1CCC(N2Cc3ccccc3NC2=O)CC1)C(=O)N1CCN(c2ccncc2)CC1.O=C(O)O. The number of pyridine rings is 1. The van der Waals surface area contributed by atoms with Crippen LogP contribution in [-0.2, 0) is 22.6 Å². The van der Waals surface area contributed by atoms with Crippen molar-refractivity contribution in [3.63, 3.8) is 0 Å². The van der Waals surface area contributed by atoms with Crippen LogP contribution in [0.5, 0.6) is 5.75 Å². The van der Waals surface area contributed by atoms with E-state index in [9.17, 15) is 24.3 Å². The zero-order valence-electron chi connectivity index (χ0n) is 31.9. The van der Waals surface area contributed by atoms with Gasteiger partial charge >= 0.3 is 18.2 Å². The molecule has 4 heterocycles. The number of aromatic nitrogens is 1. The molecule has 0 saturated carbocycles. The molecule has 0 bridgehead atoms. The average Bonchev–Trinajstić information content (AvgIpc) is 3.22. The predicted molar refractivity (Wildman–Crippen MR) is 224 cm³/mol. The van der Waals surface area contributed by atoms with Crippen LogP contribution in [0.1, 0.15) is 43.2 Å². The van der Waals surface area contributed by atoms with Crippen molar-refractivity contribution in [2.24, 2.45) is 5.73 Å². The molecule has 3 aliphatic rings. The Morgan fingerprint density at radius 1 is 0.879 bits per heavy atom. The Kier molecular flexibility index (Phi) is 15.9. The third-order valence-electron chi connectivity index (χ3n) is 10.4. The van der Waals surface area contributed by atoms with E-state index in [-0.39, 0.29) is 30.2 Å². The molecule has 8 N–H and O–H groups in total. The fourth-order valence-corrected chi connectivity index (χ4v) is 8.58. The number of nitrogens with zero attached hydrogens (tertiary/aromatic N) is 5. The molecule has 2 atom stereocenters. The molecule has 3 aromatic rings. The molecule has 0 spiro atoms. The van der Waals surface area contributed by atoms with E-state index in [2.05, 4.69) is 57.7 Å². The van der Waals surface area contributed by atoms with Crippen LogP contribution < -0.4 is 26.6 Å². The number of urea groups is 2. The van der Waals surface area contributed by atoms with Crippen molar-refractivity contribution in [1.82, 2.24) is 30.3 Å². The summed E-state index contributed by atoms with van der Waals surface area (Å²) >= 11 is 6.74. The van der Waals surface area contributed by atoms with Gasteiger partial charge in [0.2, 0.25) is 11.8 Å². The Morgan fingerprint density at radius 2 is 1.52 bits per heavy atom. The van der Waals surface area contributed by atoms with Gasteiger partial charge in [-0.05, 0) is 112 Å². The maximum absolute atomic E-state index is 14.2. The Morgan fingerprint density at radius 3 is 2.16 bits per heavy atom. The molecular formula is C39H49Br2N9O8. The summed E-state index contributed by atoms with van der Waals surface area (Å²) in [6, 6.07) is 12.6. The lowest BCUT2D eigenvalue weighted by molar-refractivity contribution is -0.137. The highest BCUT2D eigenvalue weighted by Gasteiger charge is 2.35. The normalized spacial score (nSPS) is 16.6. The van der Waals surface area contributed by atoms with Gasteiger partial charge in [-0.3, -0.25) is 14.6 Å². The van der Waals surface area contributed by atoms with Crippen LogP contribution in [0.3, 0.4) is 0 Å². The fourth-order valence-electron chi connectivity index (χ4n) is 7.30. The van der Waals surface area contributed by atoms with E-state index in [0.717, 1.165) is 16.9 Å². The Balaban J connectivity index is 0.00000153. The van der Waals surface area contributed by atoms with Crippen molar-refractivity contribution in [2.75, 3.05) is 56.0 Å². The summed E-state index contributed by atoms with van der Waals surface area (Å²) in [6.07, 6.45) is 4.70. The van der Waals surface area contributed by atoms with Crippen LogP contribution >= 0.6 is 31.9 Å². The minimum atomic E-state index is -1.83. The summed E-state index contributed by atoms with van der Waals surface area (Å²) in [5.74, 6) is -0.628. The molecule has 2 fully saturated rings. The standard InChI is InChI=1S/C38H47Br2N9O5.CH2O3/c39-29-21-25(22-30(40)34(29)50)23-33(45-37(53)48-15-10-28(11-16-48)49-24-26-5-1-2-6-31(26)44-38(49)54)35(51)43-32(7-3-4-12-41)36(52)47-19-17-46(18-20-47)27-8-13-42-14-9-27;2-1(3)4/h1-2,5-6,8-9,13-14,21-22,28,32-33,50H,3-4,7,10-12,15-20,23-24,41H2,(H,43,51)(H,44,54)(H,45,53);(H2,2,3,4)/t32-,33+;/m0./s1. The number of hydrogen-bond acceptors (Lipinski definition) is 9. The molecule has 6 rings (SSSR count). The van der Waals surface area contributed by atoms with Gasteiger partial charge in [-0.25, -0.2) is 14.4 Å². The Hall–Kier alpha value is -5.14. The number of anilines is 2. The highest BCUT2D eigenvalue weighted by molar-refractivity contribution is 9.11. The number of piperidine rings is 1. The molecular weight excluding hydrogens is 882 g/mol. The molecule has 2 aromatic carbocycles. The van der Waals surface area contributed by atoms with Gasteiger partial charge in [0.15, 0.2) is 0 Å². The number of fused-ring (bicyclic) bond motifs is 1. The first-order valence-corrected chi connectivity index (χ1v) is 20.7. The molecule has 6 amide bonds. The Labute approximate surface area is 353 Å². The topological polar surface area (TPSA) is 234 Å². The van der Waals surface area contributed by atoms with Crippen molar-refractivity contribution in [3.8, 4) is 5.75 Å². The van der Waals surface area contributed by atoms with E-state index < -0.39 is 30.2 Å². The smallest absolute Gasteiger partial charge is 0.503 e. The number of para-hydroxylation sites is 1. The number of rotatable bonds is 12. The van der Waals surface area contributed by atoms with E-state index in [4.69, 9.17) is 20.7 Å². The first-order valence-electron chi connectivity index (χ1n) is 19.1. The number of carbonyl (C=O) groups is 5. The van der Waals surface area contributed by atoms with Gasteiger partial charge in [0.1, 0.15) is 17.8 Å². The van der Waals surface area contributed by atoms with Crippen LogP contribution in [-0.4, -0.2) is 129 Å². The molecule has 1 aromatic heterocycles. The van der Waals surface area contributed by atoms with Crippen LogP contribution in [0.25, 0.3) is 0 Å². The molecule has 3 aliphatic heterocycles. The summed E-state index contributed by atoms with van der Waals surface area (Å²) in [7, 11) is 0. The molecule has 58 heavy (non-hydrogen) atoms. The maximum atomic E-state index is 14.2. The number of amides is 6. The summed E-state index contributed by atoms with van der Waals surface area (Å²) < 4.78 is 0.870. The number of phenolic OH excluding ortho intramolecular Hbond substituents is 1. The summed E-state index contributed by atoms with van der Waals surface area (Å²) in [5.41, 5.74) is 9.38. The maximum Gasteiger partial charge on any atom is 0.503 e. The zero-order chi connectivity index (χ0) is 41.8. The quantitative estimate of drug-likeness (QED) is 0.124. The second-order valence-corrected chi connectivity index (χ2v) is 15.9. The lowest BCUT2D eigenvalue weighted by Crippen LogP contribution is -2.59. The van der Waals surface area contributed by atoms with Crippen molar-refractivity contribution in [2.45, 2.75) is 63.2 Å². The zero-order valence-corrected chi connectivity index (χ0v) is 35.0. The molecule has 17 nitrogen and oxygen atoms in total. The van der Waals surface area contributed by atoms with Crippen molar-refractivity contribution in [3.05, 3.63) is 81.0 Å². The van der Waals surface area contributed by atoms with Crippen LogP contribution in [0.4, 0.5) is 25.8 Å². The molecule has 312 valence electrons. The molecule has 0 unspecified atom stereocenters. The van der Waals surface area contributed by atoms with Gasteiger partial charge < -0.3 is 56.6 Å². The number of piperazine rings is 1. The second kappa shape index (κ2) is 21.0. The fraction of sp³-hybridized carbons (Fsp3) is 0.436. The van der Waals surface area contributed by atoms with Gasteiger partial charge in [-0.2, -0.15) is 0 Å². The third-order valence-corrected chi connectivity index (χ3v) is 11.6. The second-order valence-electron chi connectivity index (χ2n) is 14.2. The van der Waals surface area contributed by atoms with Gasteiger partial charge in [0, 0.05) is 82.0 Å². The number of halogens is 2. The van der Waals surface area contributed by atoms with Gasteiger partial charge in [-0.1, -0.05) is 18.2 Å².